The van der Waals surface area contributed by atoms with Gasteiger partial charge in [-0.1, -0.05) is 19.9 Å². The van der Waals surface area contributed by atoms with Gasteiger partial charge in [-0.15, -0.1) is 0 Å². The van der Waals surface area contributed by atoms with E-state index in [4.69, 9.17) is 4.74 Å². The van der Waals surface area contributed by atoms with Crippen LogP contribution in [0.1, 0.15) is 31.2 Å². The molecule has 0 radical (unpaired) electrons. The van der Waals surface area contributed by atoms with Gasteiger partial charge in [0.2, 0.25) is 0 Å². The molecule has 2 N–H and O–H groups in total. The summed E-state index contributed by atoms with van der Waals surface area (Å²) in [4.78, 5) is 23.3. The summed E-state index contributed by atoms with van der Waals surface area (Å²) in [5.74, 6) is 1.41. The largest absolute Gasteiger partial charge is 0.504 e. The quantitative estimate of drug-likeness (QED) is 0.768. The molecule has 0 atom stereocenters. The molecule has 0 saturated heterocycles. The van der Waals surface area contributed by atoms with Crippen molar-refractivity contribution in [1.82, 2.24) is 19.5 Å². The van der Waals surface area contributed by atoms with Crippen molar-refractivity contribution in [2.75, 3.05) is 7.11 Å². The first kappa shape index (κ1) is 15.1. The molecule has 0 spiro atoms. The van der Waals surface area contributed by atoms with E-state index in [1.54, 1.807) is 16.7 Å². The second-order valence-electron chi connectivity index (χ2n) is 5.66. The van der Waals surface area contributed by atoms with Crippen molar-refractivity contribution in [3.63, 3.8) is 0 Å². The van der Waals surface area contributed by atoms with Crippen molar-refractivity contribution in [2.24, 2.45) is 0 Å². The molecule has 2 heterocycles. The fourth-order valence-electron chi connectivity index (χ4n) is 2.40. The molecule has 3 rings (SSSR count). The van der Waals surface area contributed by atoms with E-state index < -0.39 is 0 Å². The number of H-pyrrole nitrogens is 1. The van der Waals surface area contributed by atoms with Crippen LogP contribution in [0.2, 0.25) is 0 Å². The highest BCUT2D eigenvalue weighted by Crippen LogP contribution is 2.26. The van der Waals surface area contributed by atoms with Gasteiger partial charge in [0.1, 0.15) is 12.2 Å². The molecule has 0 bridgehead atoms. The number of aromatic amines is 1. The number of rotatable bonds is 4. The molecule has 7 heteroatoms. The maximum Gasteiger partial charge on any atom is 0.298 e. The predicted octanol–water partition coefficient (Wildman–Crippen LogP) is 2.01. The van der Waals surface area contributed by atoms with Gasteiger partial charge in [-0.05, 0) is 17.7 Å². The number of ether oxygens (including phenoxy) is 1. The molecular formula is C16H18N4O3. The van der Waals surface area contributed by atoms with Crippen LogP contribution in [-0.4, -0.2) is 31.7 Å². The third-order valence-electron chi connectivity index (χ3n) is 3.65. The maximum absolute atomic E-state index is 11.9. The zero-order valence-corrected chi connectivity index (χ0v) is 13.2. The summed E-state index contributed by atoms with van der Waals surface area (Å²) in [6.07, 6.45) is 1.47. The van der Waals surface area contributed by atoms with E-state index in [2.05, 4.69) is 15.0 Å². The predicted molar refractivity (Wildman–Crippen MR) is 86.0 cm³/mol. The fraction of sp³-hybridized carbons (Fsp3) is 0.312. The first-order valence-electron chi connectivity index (χ1n) is 7.30. The first-order chi connectivity index (χ1) is 11.0. The Hall–Kier alpha value is -2.83. The molecular weight excluding hydrogens is 296 g/mol. The molecule has 23 heavy (non-hydrogen) atoms. The Morgan fingerprint density at radius 2 is 2.17 bits per heavy atom. The summed E-state index contributed by atoms with van der Waals surface area (Å²) >= 11 is 0. The Morgan fingerprint density at radius 1 is 1.39 bits per heavy atom. The molecule has 0 aliphatic heterocycles. The minimum Gasteiger partial charge on any atom is -0.504 e. The van der Waals surface area contributed by atoms with E-state index in [0.29, 0.717) is 23.5 Å². The van der Waals surface area contributed by atoms with Gasteiger partial charge in [0.05, 0.1) is 13.7 Å². The number of phenols is 1. The Labute approximate surface area is 132 Å². The van der Waals surface area contributed by atoms with E-state index in [1.165, 1.54) is 13.4 Å². The number of imidazole rings is 1. The van der Waals surface area contributed by atoms with Crippen molar-refractivity contribution in [3.8, 4) is 11.5 Å². The van der Waals surface area contributed by atoms with Crippen LogP contribution in [0.4, 0.5) is 0 Å². The summed E-state index contributed by atoms with van der Waals surface area (Å²) in [5.41, 5.74) is 1.48. The van der Waals surface area contributed by atoms with E-state index in [-0.39, 0.29) is 17.2 Å². The second-order valence-corrected chi connectivity index (χ2v) is 5.66. The van der Waals surface area contributed by atoms with Crippen molar-refractivity contribution in [2.45, 2.75) is 26.3 Å². The highest BCUT2D eigenvalue weighted by Gasteiger charge is 2.13. The van der Waals surface area contributed by atoms with Crippen LogP contribution in [0, 0.1) is 0 Å². The molecule has 7 nitrogen and oxygen atoms in total. The summed E-state index contributed by atoms with van der Waals surface area (Å²) in [6.45, 7) is 4.44. The summed E-state index contributed by atoms with van der Waals surface area (Å²) < 4.78 is 6.82. The molecule has 3 aromatic rings. The Kier molecular flexibility index (Phi) is 3.77. The molecule has 1 aromatic carbocycles. The lowest BCUT2D eigenvalue weighted by Crippen LogP contribution is -2.13. The number of nitrogens with zero attached hydrogens (tertiary/aromatic N) is 3. The SMILES string of the molecule is COc1ccc(Cn2cnc(=O)c3[nH]c(C(C)C)nc32)cc1O. The average molecular weight is 314 g/mol. The second kappa shape index (κ2) is 5.75. The Balaban J connectivity index is 2.04. The van der Waals surface area contributed by atoms with Gasteiger partial charge < -0.3 is 19.4 Å². The minimum atomic E-state index is -0.326. The zero-order chi connectivity index (χ0) is 16.6. The van der Waals surface area contributed by atoms with Crippen LogP contribution in [-0.2, 0) is 6.54 Å². The van der Waals surface area contributed by atoms with Crippen LogP contribution in [0.3, 0.4) is 0 Å². The van der Waals surface area contributed by atoms with Crippen LogP contribution >= 0.6 is 0 Å². The van der Waals surface area contributed by atoms with Gasteiger partial charge in [-0.3, -0.25) is 4.79 Å². The molecule has 0 fully saturated rings. The van der Waals surface area contributed by atoms with Crippen molar-refractivity contribution in [3.05, 3.63) is 46.3 Å². The number of nitrogens with one attached hydrogen (secondary N) is 1. The van der Waals surface area contributed by atoms with Gasteiger partial charge in [0.15, 0.2) is 22.7 Å². The lowest BCUT2D eigenvalue weighted by molar-refractivity contribution is 0.373. The van der Waals surface area contributed by atoms with Crippen molar-refractivity contribution < 1.29 is 9.84 Å². The van der Waals surface area contributed by atoms with E-state index in [9.17, 15) is 9.90 Å². The average Bonchev–Trinajstić information content (AvgIpc) is 2.97. The standard InChI is InChI=1S/C16H18N4O3/c1-9(2)14-18-13-15(19-14)20(8-17-16(13)22)7-10-4-5-12(23-3)11(21)6-10/h4-6,8-9,21H,7H2,1-3H3,(H,18,19). The summed E-state index contributed by atoms with van der Waals surface area (Å²) in [6, 6.07) is 5.17. The number of hydrogen-bond acceptors (Lipinski definition) is 5. The van der Waals surface area contributed by atoms with E-state index >= 15 is 0 Å². The molecule has 120 valence electrons. The number of phenolic OH excluding ortho intramolecular Hbond substituents is 1. The van der Waals surface area contributed by atoms with E-state index in [1.807, 2.05) is 19.9 Å². The topological polar surface area (TPSA) is 93.0 Å². The summed E-state index contributed by atoms with van der Waals surface area (Å²) in [7, 11) is 1.50. The van der Waals surface area contributed by atoms with Crippen molar-refractivity contribution >= 4 is 11.2 Å². The lowest BCUT2D eigenvalue weighted by Gasteiger charge is -2.09. The first-order valence-corrected chi connectivity index (χ1v) is 7.30. The van der Waals surface area contributed by atoms with Crippen molar-refractivity contribution in [1.29, 1.82) is 0 Å². The molecule has 0 amide bonds. The van der Waals surface area contributed by atoms with E-state index in [0.717, 1.165) is 11.4 Å². The number of aromatic hydroxyl groups is 1. The van der Waals surface area contributed by atoms with Gasteiger partial charge >= 0.3 is 0 Å². The zero-order valence-electron chi connectivity index (χ0n) is 13.2. The number of fused-ring (bicyclic) bond motifs is 1. The molecule has 0 aliphatic carbocycles. The fourth-order valence-corrected chi connectivity index (χ4v) is 2.40. The van der Waals surface area contributed by atoms with Crippen LogP contribution in [0.15, 0.2) is 29.3 Å². The number of methoxy groups -OCH3 is 1. The molecule has 2 aromatic heterocycles. The summed E-state index contributed by atoms with van der Waals surface area (Å²) in [5, 5.41) is 9.88. The Bertz CT molecular complexity index is 911. The Morgan fingerprint density at radius 3 is 2.83 bits per heavy atom. The lowest BCUT2D eigenvalue weighted by atomic mass is 10.2. The molecule has 0 saturated carbocycles. The molecule has 0 unspecified atom stereocenters. The number of aromatic nitrogens is 4. The molecule has 0 aliphatic rings. The van der Waals surface area contributed by atoms with Gasteiger partial charge in [-0.25, -0.2) is 4.98 Å². The van der Waals surface area contributed by atoms with Gasteiger partial charge in [-0.2, -0.15) is 4.98 Å². The normalized spacial score (nSPS) is 11.3. The minimum absolute atomic E-state index is 0.0696. The highest BCUT2D eigenvalue weighted by atomic mass is 16.5. The van der Waals surface area contributed by atoms with Gasteiger partial charge in [0, 0.05) is 5.92 Å². The number of benzene rings is 1. The highest BCUT2D eigenvalue weighted by molar-refractivity contribution is 5.70. The van der Waals surface area contributed by atoms with Crippen LogP contribution in [0.25, 0.3) is 11.2 Å². The number of hydrogen-bond donors (Lipinski definition) is 2. The third kappa shape index (κ3) is 2.77. The smallest absolute Gasteiger partial charge is 0.298 e. The van der Waals surface area contributed by atoms with Gasteiger partial charge in [0.25, 0.3) is 5.56 Å². The monoisotopic (exact) mass is 314 g/mol. The maximum atomic E-state index is 11.9. The van der Waals surface area contributed by atoms with Crippen LogP contribution < -0.4 is 10.3 Å². The third-order valence-corrected chi connectivity index (χ3v) is 3.65. The van der Waals surface area contributed by atoms with Crippen LogP contribution in [0.5, 0.6) is 11.5 Å².